The first-order valence-corrected chi connectivity index (χ1v) is 10.6. The Morgan fingerprint density at radius 3 is 2.74 bits per heavy atom. The quantitative estimate of drug-likeness (QED) is 0.548. The smallest absolute Gasteiger partial charge is 0.199 e. The first-order chi connectivity index (χ1) is 13.2. The fraction of sp³-hybridized carbons (Fsp3) is 0.400. The third-order valence-electron chi connectivity index (χ3n) is 5.14. The van der Waals surface area contributed by atoms with E-state index >= 15 is 0 Å². The Morgan fingerprint density at radius 1 is 1.26 bits per heavy atom. The fourth-order valence-electron chi connectivity index (χ4n) is 3.74. The standard InChI is InChI=1S/C20H24N4OS2/c1-3-23-19(15-8-10-16(25-2)11-9-15)21-24(20(23)26)14-22-12-4-6-17(22)18-7-5-13-27-18/h5,7-11,13,17H,3-4,6,12,14H2,1-2H3/t17-/m1/s1. The molecule has 5 nitrogen and oxygen atoms in total. The highest BCUT2D eigenvalue weighted by molar-refractivity contribution is 7.71. The molecule has 1 aliphatic heterocycles. The van der Waals surface area contributed by atoms with Gasteiger partial charge in [0.05, 0.1) is 13.8 Å². The van der Waals surface area contributed by atoms with Crippen LogP contribution in [0.2, 0.25) is 0 Å². The maximum atomic E-state index is 5.75. The summed E-state index contributed by atoms with van der Waals surface area (Å²) in [4.78, 5) is 3.93. The first kappa shape index (κ1) is 18.4. The second kappa shape index (κ2) is 7.96. The average Bonchev–Trinajstić information content (AvgIpc) is 3.43. The maximum absolute atomic E-state index is 5.75. The fourth-order valence-corrected chi connectivity index (χ4v) is 4.95. The van der Waals surface area contributed by atoms with E-state index in [-0.39, 0.29) is 0 Å². The summed E-state index contributed by atoms with van der Waals surface area (Å²) in [6, 6.07) is 12.8. The molecule has 3 aromatic rings. The lowest BCUT2D eigenvalue weighted by Crippen LogP contribution is -2.26. The van der Waals surface area contributed by atoms with Crippen molar-refractivity contribution in [2.45, 2.75) is 39.0 Å². The van der Waals surface area contributed by atoms with E-state index in [1.807, 2.05) is 40.3 Å². The molecule has 1 atom stereocenters. The van der Waals surface area contributed by atoms with Crippen molar-refractivity contribution in [3.8, 4) is 17.1 Å². The van der Waals surface area contributed by atoms with Crippen molar-refractivity contribution < 1.29 is 4.74 Å². The van der Waals surface area contributed by atoms with Crippen LogP contribution >= 0.6 is 23.6 Å². The van der Waals surface area contributed by atoms with Gasteiger partial charge in [-0.2, -0.15) is 5.10 Å². The summed E-state index contributed by atoms with van der Waals surface area (Å²) in [5, 5.41) is 7.04. The second-order valence-electron chi connectivity index (χ2n) is 6.71. The van der Waals surface area contributed by atoms with E-state index in [0.29, 0.717) is 6.04 Å². The van der Waals surface area contributed by atoms with Gasteiger partial charge in [-0.3, -0.25) is 4.90 Å². The van der Waals surface area contributed by atoms with Crippen LogP contribution < -0.4 is 4.74 Å². The van der Waals surface area contributed by atoms with Gasteiger partial charge < -0.3 is 9.30 Å². The number of hydrogen-bond acceptors (Lipinski definition) is 5. The summed E-state index contributed by atoms with van der Waals surface area (Å²) in [6.07, 6.45) is 2.42. The Morgan fingerprint density at radius 2 is 2.07 bits per heavy atom. The lowest BCUT2D eigenvalue weighted by Gasteiger charge is -2.23. The summed E-state index contributed by atoms with van der Waals surface area (Å²) in [6.45, 7) is 4.73. The van der Waals surface area contributed by atoms with Gasteiger partial charge in [0, 0.05) is 29.6 Å². The van der Waals surface area contributed by atoms with Crippen LogP contribution in [-0.4, -0.2) is 32.9 Å². The molecule has 0 radical (unpaired) electrons. The normalized spacial score (nSPS) is 17.5. The Balaban J connectivity index is 1.63. The highest BCUT2D eigenvalue weighted by Gasteiger charge is 2.27. The number of methoxy groups -OCH3 is 1. The summed E-state index contributed by atoms with van der Waals surface area (Å²) < 4.78 is 10.1. The van der Waals surface area contributed by atoms with Crippen LogP contribution in [0.4, 0.5) is 0 Å². The highest BCUT2D eigenvalue weighted by atomic mass is 32.1. The molecule has 0 spiro atoms. The van der Waals surface area contributed by atoms with E-state index in [2.05, 4.69) is 33.9 Å². The summed E-state index contributed by atoms with van der Waals surface area (Å²) in [7, 11) is 1.68. The van der Waals surface area contributed by atoms with E-state index < -0.39 is 0 Å². The molecule has 1 aliphatic rings. The largest absolute Gasteiger partial charge is 0.497 e. The molecule has 1 aromatic carbocycles. The Labute approximate surface area is 168 Å². The number of thiophene rings is 1. The maximum Gasteiger partial charge on any atom is 0.199 e. The molecule has 0 aliphatic carbocycles. The Kier molecular flexibility index (Phi) is 5.43. The summed E-state index contributed by atoms with van der Waals surface area (Å²) in [5.74, 6) is 1.76. The van der Waals surface area contributed by atoms with Gasteiger partial charge in [0.25, 0.3) is 0 Å². The summed E-state index contributed by atoms with van der Waals surface area (Å²) in [5.41, 5.74) is 1.05. The van der Waals surface area contributed by atoms with Gasteiger partial charge in [-0.25, -0.2) is 4.68 Å². The van der Waals surface area contributed by atoms with Crippen LogP contribution in [0.3, 0.4) is 0 Å². The Bertz CT molecular complexity index is 944. The van der Waals surface area contributed by atoms with Gasteiger partial charge in [0.2, 0.25) is 0 Å². The van der Waals surface area contributed by atoms with E-state index in [0.717, 1.165) is 41.7 Å². The molecular formula is C20H24N4OS2. The van der Waals surface area contributed by atoms with E-state index in [4.69, 9.17) is 22.1 Å². The molecule has 0 bridgehead atoms. The molecular weight excluding hydrogens is 376 g/mol. The number of nitrogens with zero attached hydrogens (tertiary/aromatic N) is 4. The van der Waals surface area contributed by atoms with Gasteiger partial charge in [0.15, 0.2) is 10.6 Å². The van der Waals surface area contributed by atoms with Gasteiger partial charge in [-0.1, -0.05) is 6.07 Å². The van der Waals surface area contributed by atoms with Crippen LogP contribution in [0, 0.1) is 4.77 Å². The molecule has 0 N–H and O–H groups in total. The van der Waals surface area contributed by atoms with Gasteiger partial charge in [-0.15, -0.1) is 11.3 Å². The van der Waals surface area contributed by atoms with Crippen molar-refractivity contribution in [3.63, 3.8) is 0 Å². The minimum Gasteiger partial charge on any atom is -0.497 e. The molecule has 0 unspecified atom stereocenters. The molecule has 27 heavy (non-hydrogen) atoms. The average molecular weight is 401 g/mol. The van der Waals surface area contributed by atoms with Crippen LogP contribution in [0.5, 0.6) is 5.75 Å². The Hall–Kier alpha value is -1.96. The monoisotopic (exact) mass is 400 g/mol. The summed E-state index contributed by atoms with van der Waals surface area (Å²) >= 11 is 7.59. The zero-order valence-corrected chi connectivity index (χ0v) is 17.3. The molecule has 7 heteroatoms. The molecule has 1 saturated heterocycles. The van der Waals surface area contributed by atoms with Crippen LogP contribution in [0.25, 0.3) is 11.4 Å². The van der Waals surface area contributed by atoms with Gasteiger partial charge in [0.1, 0.15) is 5.75 Å². The second-order valence-corrected chi connectivity index (χ2v) is 8.05. The predicted molar refractivity (Wildman–Crippen MR) is 112 cm³/mol. The molecule has 4 rings (SSSR count). The van der Waals surface area contributed by atoms with Crippen molar-refractivity contribution in [3.05, 3.63) is 51.4 Å². The third kappa shape index (κ3) is 3.59. The lowest BCUT2D eigenvalue weighted by molar-refractivity contribution is 0.192. The van der Waals surface area contributed by atoms with Crippen molar-refractivity contribution in [1.82, 2.24) is 19.2 Å². The number of hydrogen-bond donors (Lipinski definition) is 0. The molecule has 3 heterocycles. The van der Waals surface area contributed by atoms with Crippen molar-refractivity contribution in [2.75, 3.05) is 13.7 Å². The first-order valence-electron chi connectivity index (χ1n) is 9.30. The van der Waals surface area contributed by atoms with Crippen LogP contribution in [0.15, 0.2) is 41.8 Å². The highest BCUT2D eigenvalue weighted by Crippen LogP contribution is 2.35. The van der Waals surface area contributed by atoms with Gasteiger partial charge in [-0.05, 0) is 67.7 Å². The van der Waals surface area contributed by atoms with E-state index in [1.165, 1.54) is 17.7 Å². The number of benzene rings is 1. The van der Waals surface area contributed by atoms with Crippen molar-refractivity contribution in [1.29, 1.82) is 0 Å². The van der Waals surface area contributed by atoms with Crippen LogP contribution in [0.1, 0.15) is 30.7 Å². The number of aromatic nitrogens is 3. The zero-order valence-electron chi connectivity index (χ0n) is 15.7. The molecule has 142 valence electrons. The minimum absolute atomic E-state index is 0.475. The SMILES string of the molecule is CCn1c(-c2ccc(OC)cc2)nn(CN2CCC[C@@H]2c2cccs2)c1=S. The molecule has 1 fully saturated rings. The number of rotatable bonds is 6. The van der Waals surface area contributed by atoms with Crippen molar-refractivity contribution >= 4 is 23.6 Å². The predicted octanol–water partition coefficient (Wildman–Crippen LogP) is 4.97. The molecule has 0 amide bonds. The van der Waals surface area contributed by atoms with Gasteiger partial charge >= 0.3 is 0 Å². The topological polar surface area (TPSA) is 35.2 Å². The van der Waals surface area contributed by atoms with E-state index in [9.17, 15) is 0 Å². The number of likely N-dealkylation sites (tertiary alicyclic amines) is 1. The molecule has 0 saturated carbocycles. The van der Waals surface area contributed by atoms with Crippen LogP contribution in [-0.2, 0) is 13.2 Å². The minimum atomic E-state index is 0.475. The number of ether oxygens (including phenoxy) is 1. The molecule has 2 aromatic heterocycles. The zero-order chi connectivity index (χ0) is 18.8. The third-order valence-corrected chi connectivity index (χ3v) is 6.54. The lowest BCUT2D eigenvalue weighted by atomic mass is 10.2. The van der Waals surface area contributed by atoms with Crippen molar-refractivity contribution in [2.24, 2.45) is 0 Å². The van der Waals surface area contributed by atoms with E-state index in [1.54, 1.807) is 7.11 Å².